The Bertz CT molecular complexity index is 2120. The van der Waals surface area contributed by atoms with E-state index in [9.17, 15) is 29.1 Å². The standard InChI is InChI=1S/C41H48N10O6/c1-2-26-23-46(22-25-11-13-47(14-12-25)27-7-8-29-31(19-27)40(56)51(39(29)55)33-9-10-36(53)43-38(33)54)15-17-50(26)41(57)48-16-18-49-28(24-48)21-42-37-34(49)20-32(44-45-37)30-5-3-4-6-35(30)52/h3-8,19-20,25-26,28,33,52H,2,9-18,21-24H2,1H3,(H,42,45)(H,43,53,54)/t26?,28-,33?/m0/s1. The molecule has 0 aliphatic carbocycles. The van der Waals surface area contributed by atoms with Gasteiger partial charge >= 0.3 is 6.03 Å². The minimum Gasteiger partial charge on any atom is -0.507 e. The molecule has 6 aliphatic rings. The second kappa shape index (κ2) is 15.0. The van der Waals surface area contributed by atoms with Gasteiger partial charge in [-0.15, -0.1) is 10.2 Å². The number of fused-ring (bicyclic) bond motifs is 4. The van der Waals surface area contributed by atoms with Crippen LogP contribution in [0.3, 0.4) is 0 Å². The highest BCUT2D eigenvalue weighted by molar-refractivity contribution is 6.23. The molecule has 3 N–H and O–H groups in total. The first kappa shape index (κ1) is 36.8. The predicted molar refractivity (Wildman–Crippen MR) is 211 cm³/mol. The number of aromatic hydroxyl groups is 1. The Balaban J connectivity index is 0.773. The smallest absolute Gasteiger partial charge is 0.320 e. The molecule has 4 fully saturated rings. The zero-order chi connectivity index (χ0) is 39.4. The van der Waals surface area contributed by atoms with Gasteiger partial charge < -0.3 is 30.0 Å². The molecule has 9 rings (SSSR count). The van der Waals surface area contributed by atoms with Crippen molar-refractivity contribution in [2.24, 2.45) is 5.92 Å². The maximum atomic E-state index is 14.1. The van der Waals surface area contributed by atoms with Crippen LogP contribution in [0.25, 0.3) is 11.3 Å². The van der Waals surface area contributed by atoms with Crippen LogP contribution in [0.1, 0.15) is 59.7 Å². The lowest BCUT2D eigenvalue weighted by Gasteiger charge is -2.49. The number of nitrogens with one attached hydrogen (secondary N) is 2. The number of urea groups is 1. The fraction of sp³-hybridized carbons (Fsp3) is 0.488. The highest BCUT2D eigenvalue weighted by atomic mass is 16.3. The number of piperazine rings is 2. The van der Waals surface area contributed by atoms with Crippen molar-refractivity contribution < 1.29 is 29.1 Å². The van der Waals surface area contributed by atoms with Gasteiger partial charge in [-0.3, -0.25) is 34.3 Å². The maximum Gasteiger partial charge on any atom is 0.320 e. The maximum absolute atomic E-state index is 14.1. The second-order valence-electron chi connectivity index (χ2n) is 16.1. The minimum absolute atomic E-state index is 0.0890. The first-order valence-electron chi connectivity index (χ1n) is 20.2. The summed E-state index contributed by atoms with van der Waals surface area (Å²) in [6.07, 6.45) is 3.09. The van der Waals surface area contributed by atoms with Crippen LogP contribution in [0.15, 0.2) is 48.5 Å². The van der Waals surface area contributed by atoms with E-state index in [1.165, 1.54) is 0 Å². The van der Waals surface area contributed by atoms with Gasteiger partial charge in [-0.05, 0) is 68.0 Å². The Morgan fingerprint density at radius 1 is 0.860 bits per heavy atom. The Kier molecular flexibility index (Phi) is 9.67. The summed E-state index contributed by atoms with van der Waals surface area (Å²) in [7, 11) is 0. The van der Waals surface area contributed by atoms with Crippen molar-refractivity contribution in [2.75, 3.05) is 80.6 Å². The van der Waals surface area contributed by atoms with E-state index in [0.717, 1.165) is 74.1 Å². The van der Waals surface area contributed by atoms with Crippen molar-refractivity contribution in [3.05, 3.63) is 59.7 Å². The third kappa shape index (κ3) is 6.78. The Morgan fingerprint density at radius 2 is 1.67 bits per heavy atom. The number of rotatable bonds is 6. The number of amides is 6. The Labute approximate surface area is 330 Å². The minimum atomic E-state index is -0.978. The summed E-state index contributed by atoms with van der Waals surface area (Å²) in [5.74, 6) is -0.596. The van der Waals surface area contributed by atoms with Gasteiger partial charge in [0.15, 0.2) is 5.82 Å². The summed E-state index contributed by atoms with van der Waals surface area (Å²) in [6, 6.07) is 13.8. The molecule has 298 valence electrons. The zero-order valence-corrected chi connectivity index (χ0v) is 32.1. The Hall–Kier alpha value is -5.77. The van der Waals surface area contributed by atoms with E-state index in [-0.39, 0.29) is 36.7 Å². The van der Waals surface area contributed by atoms with Gasteiger partial charge in [0.25, 0.3) is 11.8 Å². The lowest BCUT2D eigenvalue weighted by atomic mass is 9.94. The number of piperidine rings is 2. The summed E-state index contributed by atoms with van der Waals surface area (Å²) in [5.41, 5.74) is 3.67. The summed E-state index contributed by atoms with van der Waals surface area (Å²) in [4.78, 5) is 76.9. The molecule has 0 spiro atoms. The molecule has 16 heteroatoms. The molecule has 16 nitrogen and oxygen atoms in total. The number of hydrogen-bond donors (Lipinski definition) is 3. The lowest BCUT2D eigenvalue weighted by molar-refractivity contribution is -0.136. The van der Waals surface area contributed by atoms with E-state index in [4.69, 9.17) is 0 Å². The highest BCUT2D eigenvalue weighted by Gasteiger charge is 2.45. The van der Waals surface area contributed by atoms with E-state index >= 15 is 0 Å². The largest absolute Gasteiger partial charge is 0.507 e. The molecule has 0 saturated carbocycles. The van der Waals surface area contributed by atoms with Crippen molar-refractivity contribution >= 4 is 46.9 Å². The van der Waals surface area contributed by atoms with Crippen LogP contribution in [-0.4, -0.2) is 148 Å². The number of carbonyl (C=O) groups excluding carboxylic acids is 5. The summed E-state index contributed by atoms with van der Waals surface area (Å²) in [6.45, 7) is 9.74. The van der Waals surface area contributed by atoms with Gasteiger partial charge in [-0.2, -0.15) is 0 Å². The number of hydrogen-bond acceptors (Lipinski definition) is 12. The number of para-hydroxylation sites is 1. The van der Waals surface area contributed by atoms with Crippen LogP contribution in [0, 0.1) is 5.92 Å². The molecule has 6 amide bonds. The van der Waals surface area contributed by atoms with Crippen molar-refractivity contribution in [1.29, 1.82) is 0 Å². The number of phenolic OH excluding ortho intramolecular Hbond substituents is 1. The third-order valence-electron chi connectivity index (χ3n) is 12.7. The monoisotopic (exact) mass is 776 g/mol. The van der Waals surface area contributed by atoms with Crippen molar-refractivity contribution in [1.82, 2.24) is 35.1 Å². The van der Waals surface area contributed by atoms with Crippen molar-refractivity contribution in [3.63, 3.8) is 0 Å². The average Bonchev–Trinajstić information content (AvgIpc) is 3.48. The normalized spacial score (nSPS) is 24.2. The van der Waals surface area contributed by atoms with E-state index < -0.39 is 29.7 Å². The van der Waals surface area contributed by atoms with E-state index in [0.29, 0.717) is 61.0 Å². The predicted octanol–water partition coefficient (Wildman–Crippen LogP) is 2.60. The van der Waals surface area contributed by atoms with Gasteiger partial charge in [0, 0.05) is 89.2 Å². The highest BCUT2D eigenvalue weighted by Crippen LogP contribution is 2.37. The quantitative estimate of drug-likeness (QED) is 0.313. The second-order valence-corrected chi connectivity index (χ2v) is 16.1. The molecular formula is C41H48N10O6. The van der Waals surface area contributed by atoms with Crippen LogP contribution in [0.4, 0.5) is 22.0 Å². The number of benzene rings is 2. The number of nitrogens with zero attached hydrogens (tertiary/aromatic N) is 8. The summed E-state index contributed by atoms with van der Waals surface area (Å²) in [5, 5.41) is 24.9. The van der Waals surface area contributed by atoms with Gasteiger partial charge in [-0.25, -0.2) is 4.79 Å². The number of anilines is 3. The van der Waals surface area contributed by atoms with Crippen LogP contribution in [0.5, 0.6) is 5.75 Å². The van der Waals surface area contributed by atoms with Gasteiger partial charge in [0.2, 0.25) is 11.8 Å². The average molecular weight is 777 g/mol. The molecule has 6 aliphatic heterocycles. The first-order chi connectivity index (χ1) is 27.7. The number of carbonyl (C=O) groups is 5. The van der Waals surface area contributed by atoms with Crippen LogP contribution in [0.2, 0.25) is 0 Å². The number of phenols is 1. The molecule has 4 saturated heterocycles. The molecule has 2 aromatic carbocycles. The van der Waals surface area contributed by atoms with Crippen LogP contribution in [-0.2, 0) is 9.59 Å². The van der Waals surface area contributed by atoms with E-state index in [2.05, 4.69) is 47.4 Å². The SMILES string of the molecule is CCC1CN(CC2CCN(c3ccc4c(c3)C(=O)N(C3CCC(=O)NC3=O)C4=O)CC2)CCN1C(=O)N1CCN2c3cc(-c4ccccc4O)nnc3NC[C@H]2C1. The first-order valence-corrected chi connectivity index (χ1v) is 20.2. The molecule has 0 radical (unpaired) electrons. The molecule has 2 unspecified atom stereocenters. The molecule has 3 aromatic rings. The van der Waals surface area contributed by atoms with Crippen molar-refractivity contribution in [3.8, 4) is 17.0 Å². The van der Waals surface area contributed by atoms with E-state index in [1.54, 1.807) is 24.3 Å². The van der Waals surface area contributed by atoms with Crippen LogP contribution < -0.4 is 20.4 Å². The molecule has 3 atom stereocenters. The molecule has 7 heterocycles. The fourth-order valence-electron chi connectivity index (χ4n) is 9.55. The number of aromatic nitrogens is 2. The van der Waals surface area contributed by atoms with Gasteiger partial charge in [0.1, 0.15) is 11.8 Å². The van der Waals surface area contributed by atoms with E-state index in [1.807, 2.05) is 29.2 Å². The summed E-state index contributed by atoms with van der Waals surface area (Å²) >= 11 is 0. The van der Waals surface area contributed by atoms with Gasteiger partial charge in [0.05, 0.1) is 28.6 Å². The third-order valence-corrected chi connectivity index (χ3v) is 12.7. The Morgan fingerprint density at radius 3 is 2.46 bits per heavy atom. The number of imide groups is 2. The zero-order valence-electron chi connectivity index (χ0n) is 32.1. The van der Waals surface area contributed by atoms with Crippen molar-refractivity contribution in [2.45, 2.75) is 57.2 Å². The fourth-order valence-corrected chi connectivity index (χ4v) is 9.55. The van der Waals surface area contributed by atoms with Crippen LogP contribution >= 0.6 is 0 Å². The lowest BCUT2D eigenvalue weighted by Crippen LogP contribution is -2.64. The topological polar surface area (TPSA) is 175 Å². The molecular weight excluding hydrogens is 729 g/mol. The molecule has 0 bridgehead atoms. The van der Waals surface area contributed by atoms with Gasteiger partial charge in [-0.1, -0.05) is 19.1 Å². The summed E-state index contributed by atoms with van der Waals surface area (Å²) < 4.78 is 0. The molecule has 57 heavy (non-hydrogen) atoms. The molecule has 1 aromatic heterocycles.